The van der Waals surface area contributed by atoms with Gasteiger partial charge in [0.1, 0.15) is 23.0 Å². The van der Waals surface area contributed by atoms with Gasteiger partial charge in [-0.3, -0.25) is 4.79 Å². The quantitative estimate of drug-likeness (QED) is 0.186. The van der Waals surface area contributed by atoms with Crippen LogP contribution in [-0.4, -0.2) is 18.8 Å². The normalized spacial score (nSPS) is 13.0. The minimum atomic E-state index is -4.40. The van der Waals surface area contributed by atoms with Gasteiger partial charge in [0, 0.05) is 18.1 Å². The van der Waals surface area contributed by atoms with Gasteiger partial charge >= 0.3 is 12.1 Å². The maximum Gasteiger partial charge on any atom is 0.412 e. The van der Waals surface area contributed by atoms with Crippen molar-refractivity contribution in [3.05, 3.63) is 88.2 Å². The van der Waals surface area contributed by atoms with Crippen molar-refractivity contribution in [3.63, 3.8) is 0 Å². The molecule has 2 aromatic rings. The molecule has 0 heterocycles. The molecule has 194 valence electrons. The number of carbonyl (C=O) groups excluding carboxylic acids is 1. The minimum absolute atomic E-state index is 0.227. The molecular formula is C29H33F3O4. The fraction of sp³-hybridized carbons (Fsp3) is 0.345. The molecule has 0 amide bonds. The van der Waals surface area contributed by atoms with E-state index in [1.54, 1.807) is 39.0 Å². The van der Waals surface area contributed by atoms with Crippen molar-refractivity contribution >= 4 is 5.97 Å². The topological polar surface area (TPSA) is 44.8 Å². The Kier molecular flexibility index (Phi) is 10.4. The summed E-state index contributed by atoms with van der Waals surface area (Å²) in [5, 5.41) is 0. The molecule has 0 unspecified atom stereocenters. The number of esters is 1. The van der Waals surface area contributed by atoms with Crippen LogP contribution >= 0.6 is 0 Å². The van der Waals surface area contributed by atoms with E-state index in [4.69, 9.17) is 14.2 Å². The van der Waals surface area contributed by atoms with Gasteiger partial charge in [-0.05, 0) is 94.5 Å². The van der Waals surface area contributed by atoms with Crippen molar-refractivity contribution in [3.8, 4) is 17.2 Å². The summed E-state index contributed by atoms with van der Waals surface area (Å²) in [6, 6.07) is 11.0. The molecule has 36 heavy (non-hydrogen) atoms. The second-order valence-corrected chi connectivity index (χ2v) is 8.37. The summed E-state index contributed by atoms with van der Waals surface area (Å²) in [7, 11) is 0. The fourth-order valence-corrected chi connectivity index (χ4v) is 3.17. The average molecular weight is 503 g/mol. The molecule has 0 atom stereocenters. The van der Waals surface area contributed by atoms with Crippen LogP contribution in [0.5, 0.6) is 17.2 Å². The molecule has 0 saturated heterocycles. The van der Waals surface area contributed by atoms with E-state index in [-0.39, 0.29) is 5.97 Å². The van der Waals surface area contributed by atoms with Crippen molar-refractivity contribution in [1.82, 2.24) is 0 Å². The second kappa shape index (κ2) is 13.0. The van der Waals surface area contributed by atoms with Crippen LogP contribution in [0.15, 0.2) is 71.5 Å². The highest BCUT2D eigenvalue weighted by atomic mass is 19.4. The Hall–Kier alpha value is -3.48. The lowest BCUT2D eigenvalue weighted by molar-refractivity contribution is -0.143. The predicted octanol–water partition coefficient (Wildman–Crippen LogP) is 8.33. The average Bonchev–Trinajstić information content (AvgIpc) is 2.82. The Bertz CT molecular complexity index is 1160. The molecule has 0 saturated carbocycles. The largest absolute Gasteiger partial charge is 0.466 e. The van der Waals surface area contributed by atoms with Gasteiger partial charge in [0.2, 0.25) is 0 Å². The Morgan fingerprint density at radius 3 is 2.25 bits per heavy atom. The first kappa shape index (κ1) is 28.8. The smallest absolute Gasteiger partial charge is 0.412 e. The Morgan fingerprint density at radius 2 is 1.64 bits per heavy atom. The first-order valence-electron chi connectivity index (χ1n) is 11.7. The zero-order valence-electron chi connectivity index (χ0n) is 21.6. The number of alkyl halides is 3. The van der Waals surface area contributed by atoms with Gasteiger partial charge in [-0.2, -0.15) is 13.2 Å². The van der Waals surface area contributed by atoms with E-state index in [1.807, 2.05) is 38.1 Å². The number of aryl methyl sites for hydroxylation is 3. The van der Waals surface area contributed by atoms with Crippen molar-refractivity contribution in [2.75, 3.05) is 6.61 Å². The van der Waals surface area contributed by atoms with Crippen LogP contribution in [0.25, 0.3) is 0 Å². The first-order chi connectivity index (χ1) is 16.9. The highest BCUT2D eigenvalue weighted by Gasteiger charge is 2.29. The van der Waals surface area contributed by atoms with Gasteiger partial charge in [-0.15, -0.1) is 0 Å². The van der Waals surface area contributed by atoms with Gasteiger partial charge < -0.3 is 14.2 Å². The van der Waals surface area contributed by atoms with E-state index in [9.17, 15) is 18.0 Å². The highest BCUT2D eigenvalue weighted by molar-refractivity contribution is 5.69. The summed E-state index contributed by atoms with van der Waals surface area (Å²) in [5.41, 5.74) is 2.80. The number of hydrogen-bond acceptors (Lipinski definition) is 4. The molecule has 0 spiro atoms. The van der Waals surface area contributed by atoms with Crippen LogP contribution in [0.2, 0.25) is 0 Å². The van der Waals surface area contributed by atoms with Gasteiger partial charge in [-0.25, -0.2) is 0 Å². The molecule has 7 heteroatoms. The summed E-state index contributed by atoms with van der Waals surface area (Å²) in [6.45, 7) is 10.5. The summed E-state index contributed by atoms with van der Waals surface area (Å²) >= 11 is 0. The molecule has 0 aliphatic rings. The minimum Gasteiger partial charge on any atom is -0.466 e. The zero-order valence-corrected chi connectivity index (χ0v) is 21.6. The summed E-state index contributed by atoms with van der Waals surface area (Å²) < 4.78 is 55.7. The lowest BCUT2D eigenvalue weighted by atomic mass is 10.0. The molecule has 0 radical (unpaired) electrons. The van der Waals surface area contributed by atoms with Crippen LogP contribution in [-0.2, 0) is 16.0 Å². The lowest BCUT2D eigenvalue weighted by Gasteiger charge is -2.15. The number of allylic oxidation sites excluding steroid dienone is 5. The van der Waals surface area contributed by atoms with Crippen LogP contribution in [0.3, 0.4) is 0 Å². The van der Waals surface area contributed by atoms with Crippen LogP contribution in [0.1, 0.15) is 50.8 Å². The van der Waals surface area contributed by atoms with Crippen molar-refractivity contribution < 1.29 is 32.2 Å². The van der Waals surface area contributed by atoms with Crippen LogP contribution in [0.4, 0.5) is 13.2 Å². The molecule has 2 aromatic carbocycles. The zero-order chi connectivity index (χ0) is 26.9. The SMILES string of the molecule is C\C=C(C)/C(=C\C=C(/C)C(F)(F)F)Oc1cc(Oc2ccc(CCC(=O)OCC)c(C)c2)ccc1C. The molecule has 0 aliphatic carbocycles. The van der Waals surface area contributed by atoms with Gasteiger partial charge in [0.15, 0.2) is 0 Å². The third kappa shape index (κ3) is 8.63. The number of ether oxygens (including phenoxy) is 3. The van der Waals surface area contributed by atoms with Crippen molar-refractivity contribution in [1.29, 1.82) is 0 Å². The van der Waals surface area contributed by atoms with E-state index in [0.29, 0.717) is 48.0 Å². The fourth-order valence-electron chi connectivity index (χ4n) is 3.17. The van der Waals surface area contributed by atoms with E-state index in [1.165, 1.54) is 6.08 Å². The van der Waals surface area contributed by atoms with E-state index >= 15 is 0 Å². The summed E-state index contributed by atoms with van der Waals surface area (Å²) in [4.78, 5) is 11.6. The molecule has 0 bridgehead atoms. The predicted molar refractivity (Wildman–Crippen MR) is 135 cm³/mol. The molecule has 0 aromatic heterocycles. The second-order valence-electron chi connectivity index (χ2n) is 8.37. The van der Waals surface area contributed by atoms with Crippen molar-refractivity contribution in [2.24, 2.45) is 0 Å². The van der Waals surface area contributed by atoms with Gasteiger partial charge in [0.25, 0.3) is 0 Å². The van der Waals surface area contributed by atoms with Gasteiger partial charge in [-0.1, -0.05) is 24.3 Å². The number of benzene rings is 2. The highest BCUT2D eigenvalue weighted by Crippen LogP contribution is 2.32. The third-order valence-corrected chi connectivity index (χ3v) is 5.59. The Morgan fingerprint density at radius 1 is 0.972 bits per heavy atom. The summed E-state index contributed by atoms with van der Waals surface area (Å²) in [6.07, 6.45) is 0.585. The molecular weight excluding hydrogens is 469 g/mol. The maximum absolute atomic E-state index is 12.9. The maximum atomic E-state index is 12.9. The molecule has 4 nitrogen and oxygen atoms in total. The van der Waals surface area contributed by atoms with Crippen LogP contribution in [0, 0.1) is 13.8 Å². The van der Waals surface area contributed by atoms with E-state index in [2.05, 4.69) is 0 Å². The molecule has 0 aliphatic heterocycles. The Labute approximate surface area is 211 Å². The van der Waals surface area contributed by atoms with Gasteiger partial charge in [0.05, 0.1) is 6.61 Å². The first-order valence-corrected chi connectivity index (χ1v) is 11.7. The van der Waals surface area contributed by atoms with Crippen LogP contribution < -0.4 is 9.47 Å². The molecule has 0 N–H and O–H groups in total. The Balaban J connectivity index is 2.23. The number of rotatable bonds is 10. The monoisotopic (exact) mass is 502 g/mol. The van der Waals surface area contributed by atoms with E-state index in [0.717, 1.165) is 29.7 Å². The van der Waals surface area contributed by atoms with Crippen molar-refractivity contribution in [2.45, 2.75) is 60.6 Å². The lowest BCUT2D eigenvalue weighted by Crippen LogP contribution is -2.08. The standard InChI is InChI=1S/C29H33F3O4/c1-7-19(3)26(15-10-22(6)29(30,31)32)36-27-18-25(13-9-20(27)4)35-24-14-11-23(21(5)17-24)12-16-28(33)34-8-2/h7,9-11,13-15,17-18H,8,12,16H2,1-6H3/b19-7-,22-10+,26-15+. The number of carbonyl (C=O) groups is 1. The number of halogens is 3. The molecule has 2 rings (SSSR count). The third-order valence-electron chi connectivity index (χ3n) is 5.59. The number of hydrogen-bond donors (Lipinski definition) is 0. The van der Waals surface area contributed by atoms with E-state index < -0.39 is 11.7 Å². The molecule has 0 fully saturated rings. The summed E-state index contributed by atoms with van der Waals surface area (Å²) in [5.74, 6) is 1.69.